The van der Waals surface area contributed by atoms with Crippen LogP contribution in [-0.2, 0) is 7.05 Å². The summed E-state index contributed by atoms with van der Waals surface area (Å²) >= 11 is 0. The maximum absolute atomic E-state index is 4.18. The number of hydrogen-bond donors (Lipinski definition) is 1. The summed E-state index contributed by atoms with van der Waals surface area (Å²) in [7, 11) is 1.86. The third-order valence-corrected chi connectivity index (χ3v) is 2.97. The standard InChI is InChI=1S/C13H18N6/c1-4-19(5-2)12-8-6-11(7-9-12)15-17-13-16-14-10-18(13)3/h6-10H,4-5H2,1-3H3/p+1. The van der Waals surface area contributed by atoms with E-state index in [0.717, 1.165) is 18.8 Å². The SMILES string of the molecule is CCN(CC)c1ccc(N=Nc2[nH]nc[n+]2C)cc1. The Bertz CT molecular complexity index is 539. The van der Waals surface area contributed by atoms with Crippen LogP contribution >= 0.6 is 0 Å². The molecule has 1 aromatic heterocycles. The van der Waals surface area contributed by atoms with E-state index in [1.54, 1.807) is 10.9 Å². The minimum Gasteiger partial charge on any atom is -0.372 e. The van der Waals surface area contributed by atoms with Gasteiger partial charge in [-0.15, -0.1) is 5.10 Å². The number of azo groups is 1. The van der Waals surface area contributed by atoms with Crippen LogP contribution in [0.15, 0.2) is 40.8 Å². The van der Waals surface area contributed by atoms with E-state index in [4.69, 9.17) is 0 Å². The number of rotatable bonds is 5. The number of anilines is 1. The lowest BCUT2D eigenvalue weighted by Gasteiger charge is -2.20. The molecule has 0 radical (unpaired) electrons. The summed E-state index contributed by atoms with van der Waals surface area (Å²) in [6.07, 6.45) is 1.65. The highest BCUT2D eigenvalue weighted by molar-refractivity contribution is 5.52. The molecule has 6 nitrogen and oxygen atoms in total. The van der Waals surface area contributed by atoms with Gasteiger partial charge in [0.25, 0.3) is 0 Å². The summed E-state index contributed by atoms with van der Waals surface area (Å²) in [4.78, 5) is 2.29. The highest BCUT2D eigenvalue weighted by Gasteiger charge is 2.05. The molecule has 1 heterocycles. The van der Waals surface area contributed by atoms with Crippen LogP contribution in [0.25, 0.3) is 0 Å². The van der Waals surface area contributed by atoms with Crippen LogP contribution in [0.3, 0.4) is 0 Å². The van der Waals surface area contributed by atoms with Gasteiger partial charge in [0.2, 0.25) is 6.33 Å². The average molecular weight is 259 g/mol. The molecule has 0 fully saturated rings. The Labute approximate surface area is 112 Å². The van der Waals surface area contributed by atoms with Gasteiger partial charge in [-0.25, -0.2) is 4.57 Å². The van der Waals surface area contributed by atoms with E-state index in [-0.39, 0.29) is 0 Å². The summed E-state index contributed by atoms with van der Waals surface area (Å²) in [5.74, 6) is 0.618. The Morgan fingerprint density at radius 1 is 1.16 bits per heavy atom. The molecular formula is C13H19N6+. The molecule has 1 N–H and O–H groups in total. The van der Waals surface area contributed by atoms with Crippen molar-refractivity contribution in [1.29, 1.82) is 0 Å². The molecule has 0 aliphatic carbocycles. The number of H-pyrrole nitrogens is 1. The molecule has 0 atom stereocenters. The van der Waals surface area contributed by atoms with E-state index in [0.29, 0.717) is 5.95 Å². The van der Waals surface area contributed by atoms with Crippen LogP contribution in [0.2, 0.25) is 0 Å². The lowest BCUT2D eigenvalue weighted by atomic mass is 10.2. The van der Waals surface area contributed by atoms with Gasteiger partial charge < -0.3 is 4.90 Å². The third-order valence-electron chi connectivity index (χ3n) is 2.97. The lowest BCUT2D eigenvalue weighted by molar-refractivity contribution is -0.658. The topological polar surface area (TPSA) is 60.5 Å². The molecule has 0 aliphatic rings. The molecule has 0 bridgehead atoms. The number of aromatic amines is 1. The van der Waals surface area contributed by atoms with Gasteiger partial charge in [0, 0.05) is 23.9 Å². The number of hydrogen-bond acceptors (Lipinski definition) is 4. The van der Waals surface area contributed by atoms with Crippen molar-refractivity contribution < 1.29 is 4.57 Å². The molecule has 19 heavy (non-hydrogen) atoms. The fourth-order valence-corrected chi connectivity index (χ4v) is 1.82. The second-order valence-corrected chi connectivity index (χ2v) is 4.18. The zero-order valence-electron chi connectivity index (χ0n) is 11.5. The second kappa shape index (κ2) is 6.08. The van der Waals surface area contributed by atoms with E-state index < -0.39 is 0 Å². The number of nitrogens with one attached hydrogen (secondary N) is 1. The van der Waals surface area contributed by atoms with Crippen LogP contribution in [-0.4, -0.2) is 23.3 Å². The minimum absolute atomic E-state index is 0.618. The van der Waals surface area contributed by atoms with E-state index in [9.17, 15) is 0 Å². The summed E-state index contributed by atoms with van der Waals surface area (Å²) in [6, 6.07) is 8.06. The zero-order valence-corrected chi connectivity index (χ0v) is 11.5. The van der Waals surface area contributed by atoms with Crippen LogP contribution in [0.5, 0.6) is 0 Å². The predicted octanol–water partition coefficient (Wildman–Crippen LogP) is 2.50. The summed E-state index contributed by atoms with van der Waals surface area (Å²) < 4.78 is 1.77. The third kappa shape index (κ3) is 3.15. The van der Waals surface area contributed by atoms with Gasteiger partial charge in [-0.2, -0.15) is 0 Å². The smallest absolute Gasteiger partial charge is 0.372 e. The van der Waals surface area contributed by atoms with Crippen molar-refractivity contribution >= 4 is 17.3 Å². The van der Waals surface area contributed by atoms with Gasteiger partial charge in [0.15, 0.2) is 0 Å². The van der Waals surface area contributed by atoms with E-state index >= 15 is 0 Å². The number of nitrogens with zero attached hydrogens (tertiary/aromatic N) is 5. The van der Waals surface area contributed by atoms with Crippen LogP contribution in [0, 0.1) is 0 Å². The van der Waals surface area contributed by atoms with Crippen molar-refractivity contribution in [3.63, 3.8) is 0 Å². The highest BCUT2D eigenvalue weighted by atomic mass is 15.3. The molecule has 0 unspecified atom stereocenters. The monoisotopic (exact) mass is 259 g/mol. The molecule has 1 aromatic carbocycles. The normalized spacial score (nSPS) is 11.1. The maximum Gasteiger partial charge on any atom is 0.401 e. The van der Waals surface area contributed by atoms with E-state index in [2.05, 4.69) is 51.3 Å². The largest absolute Gasteiger partial charge is 0.401 e. The quantitative estimate of drug-likeness (QED) is 0.662. The fourth-order valence-electron chi connectivity index (χ4n) is 1.82. The maximum atomic E-state index is 4.18. The van der Waals surface area contributed by atoms with E-state index in [1.807, 2.05) is 19.2 Å². The first-order valence-electron chi connectivity index (χ1n) is 6.40. The first-order valence-corrected chi connectivity index (χ1v) is 6.40. The molecule has 0 saturated heterocycles. The first kappa shape index (κ1) is 13.2. The predicted molar refractivity (Wildman–Crippen MR) is 73.9 cm³/mol. The second-order valence-electron chi connectivity index (χ2n) is 4.18. The highest BCUT2D eigenvalue weighted by Crippen LogP contribution is 2.20. The number of aromatic nitrogens is 3. The Morgan fingerprint density at radius 3 is 2.37 bits per heavy atom. The van der Waals surface area contributed by atoms with Crippen molar-refractivity contribution in [2.45, 2.75) is 13.8 Å². The Morgan fingerprint density at radius 2 is 1.84 bits per heavy atom. The van der Waals surface area contributed by atoms with Gasteiger partial charge in [0.1, 0.15) is 0 Å². The fraction of sp³-hybridized carbons (Fsp3) is 0.385. The first-order chi connectivity index (χ1) is 9.24. The molecule has 0 aliphatic heterocycles. The minimum atomic E-state index is 0.618. The molecule has 0 saturated carbocycles. The summed E-state index contributed by atoms with van der Waals surface area (Å²) in [5.41, 5.74) is 2.03. The van der Waals surface area contributed by atoms with Gasteiger partial charge in [-0.3, -0.25) is 0 Å². The summed E-state index contributed by atoms with van der Waals surface area (Å²) in [6.45, 7) is 6.30. The van der Waals surface area contributed by atoms with Gasteiger partial charge in [0.05, 0.1) is 12.7 Å². The molecule has 2 aromatic rings. The van der Waals surface area contributed by atoms with Crippen molar-refractivity contribution in [1.82, 2.24) is 10.2 Å². The van der Waals surface area contributed by atoms with Gasteiger partial charge in [-0.1, -0.05) is 5.11 Å². The zero-order chi connectivity index (χ0) is 13.7. The lowest BCUT2D eigenvalue weighted by Crippen LogP contribution is -2.24. The van der Waals surface area contributed by atoms with Gasteiger partial charge in [-0.05, 0) is 43.2 Å². The molecule has 100 valence electrons. The number of benzene rings is 1. The van der Waals surface area contributed by atoms with Crippen LogP contribution < -0.4 is 9.47 Å². The molecular weight excluding hydrogens is 240 g/mol. The Balaban J connectivity index is 2.11. The van der Waals surface area contributed by atoms with Crippen LogP contribution in [0.1, 0.15) is 13.8 Å². The molecule has 2 rings (SSSR count). The van der Waals surface area contributed by atoms with Crippen molar-refractivity contribution in [3.05, 3.63) is 30.6 Å². The molecule has 6 heteroatoms. The van der Waals surface area contributed by atoms with Gasteiger partial charge >= 0.3 is 5.95 Å². The van der Waals surface area contributed by atoms with Crippen molar-refractivity contribution in [2.24, 2.45) is 17.3 Å². The average Bonchev–Trinajstić information content (AvgIpc) is 2.85. The molecule has 0 spiro atoms. The number of aryl methyl sites for hydroxylation is 1. The van der Waals surface area contributed by atoms with Crippen molar-refractivity contribution in [2.75, 3.05) is 18.0 Å². The van der Waals surface area contributed by atoms with Crippen molar-refractivity contribution in [3.8, 4) is 0 Å². The Kier molecular flexibility index (Phi) is 4.22. The van der Waals surface area contributed by atoms with Crippen LogP contribution in [0.4, 0.5) is 17.3 Å². The Hall–Kier alpha value is -2.24. The van der Waals surface area contributed by atoms with E-state index in [1.165, 1.54) is 5.69 Å². The summed E-state index contributed by atoms with van der Waals surface area (Å²) in [5, 5.41) is 14.9. The molecule has 0 amide bonds.